The molecule has 154 valence electrons. The van der Waals surface area contributed by atoms with Gasteiger partial charge in [0.1, 0.15) is 23.2 Å². The summed E-state index contributed by atoms with van der Waals surface area (Å²) in [5.41, 5.74) is 3.79. The van der Waals surface area contributed by atoms with Gasteiger partial charge in [0, 0.05) is 17.1 Å². The van der Waals surface area contributed by atoms with Crippen LogP contribution in [0.2, 0.25) is 0 Å². The minimum atomic E-state index is -0.364. The lowest BCUT2D eigenvalue weighted by molar-refractivity contribution is 0.589. The maximum atomic E-state index is 13.5. The topological polar surface area (TPSA) is 63.0 Å². The van der Waals surface area contributed by atoms with Crippen LogP contribution in [0.3, 0.4) is 0 Å². The highest BCUT2D eigenvalue weighted by molar-refractivity contribution is 6.04. The summed E-state index contributed by atoms with van der Waals surface area (Å²) in [5, 5.41) is 4.91. The summed E-state index contributed by atoms with van der Waals surface area (Å²) in [6.45, 7) is 8.65. The van der Waals surface area contributed by atoms with E-state index in [4.69, 9.17) is 0 Å². The van der Waals surface area contributed by atoms with E-state index in [9.17, 15) is 9.18 Å². The zero-order valence-electron chi connectivity index (χ0n) is 17.6. The van der Waals surface area contributed by atoms with Gasteiger partial charge in [0.15, 0.2) is 0 Å². The fraction of sp³-hybridized carbons (Fsp3) is 0.292. The number of hydrogen-bond acceptors (Lipinski definition) is 3. The monoisotopic (exact) mass is 404 g/mol. The van der Waals surface area contributed by atoms with Crippen molar-refractivity contribution in [2.75, 3.05) is 0 Å². The van der Waals surface area contributed by atoms with E-state index in [1.54, 1.807) is 12.3 Å². The van der Waals surface area contributed by atoms with Crippen molar-refractivity contribution in [3.63, 3.8) is 0 Å². The highest BCUT2D eigenvalue weighted by Gasteiger charge is 2.14. The molecule has 0 amide bonds. The molecule has 0 aliphatic carbocycles. The zero-order valence-corrected chi connectivity index (χ0v) is 17.6. The van der Waals surface area contributed by atoms with Gasteiger partial charge in [-0.2, -0.15) is 9.78 Å². The minimum absolute atomic E-state index is 0.132. The SMILES string of the molecule is CC(/C=N/n1cnc2c([nH]c3ccc(F)cc32)c1=O)Cc1ccc(C(C)(C)C)cc1. The van der Waals surface area contributed by atoms with Crippen molar-refractivity contribution in [2.45, 2.75) is 39.5 Å². The molecule has 0 saturated heterocycles. The summed E-state index contributed by atoms with van der Waals surface area (Å²) in [6, 6.07) is 13.0. The van der Waals surface area contributed by atoms with Crippen LogP contribution in [-0.4, -0.2) is 20.9 Å². The van der Waals surface area contributed by atoms with Gasteiger partial charge in [-0.15, -0.1) is 0 Å². The Hall–Kier alpha value is -3.28. The van der Waals surface area contributed by atoms with Gasteiger partial charge in [-0.1, -0.05) is 52.0 Å². The van der Waals surface area contributed by atoms with Crippen molar-refractivity contribution in [3.05, 3.63) is 76.1 Å². The number of benzene rings is 2. The molecule has 0 aliphatic heterocycles. The second-order valence-corrected chi connectivity index (χ2v) is 8.83. The Balaban J connectivity index is 1.55. The Bertz CT molecular complexity index is 1290. The molecule has 30 heavy (non-hydrogen) atoms. The number of H-pyrrole nitrogens is 1. The molecule has 4 aromatic rings. The van der Waals surface area contributed by atoms with Gasteiger partial charge in [-0.05, 0) is 47.1 Å². The van der Waals surface area contributed by atoms with E-state index in [-0.39, 0.29) is 22.7 Å². The first-order valence-corrected chi connectivity index (χ1v) is 10.0. The Labute approximate surface area is 174 Å². The molecule has 0 spiro atoms. The van der Waals surface area contributed by atoms with Crippen molar-refractivity contribution < 1.29 is 4.39 Å². The molecule has 0 aliphatic rings. The van der Waals surface area contributed by atoms with Crippen LogP contribution in [0.25, 0.3) is 21.9 Å². The molecule has 2 aromatic carbocycles. The molecule has 0 radical (unpaired) electrons. The molecule has 2 heterocycles. The van der Waals surface area contributed by atoms with Gasteiger partial charge in [-0.3, -0.25) is 4.79 Å². The number of aromatic amines is 1. The molecule has 1 unspecified atom stereocenters. The first kappa shape index (κ1) is 20.0. The normalized spacial score (nSPS) is 13.5. The van der Waals surface area contributed by atoms with Gasteiger partial charge in [-0.25, -0.2) is 9.37 Å². The molecule has 0 bridgehead atoms. The maximum Gasteiger partial charge on any atom is 0.298 e. The summed E-state index contributed by atoms with van der Waals surface area (Å²) in [5.74, 6) is -0.221. The van der Waals surface area contributed by atoms with Crippen molar-refractivity contribution in [3.8, 4) is 0 Å². The Morgan fingerprint density at radius 2 is 1.93 bits per heavy atom. The third-order valence-corrected chi connectivity index (χ3v) is 5.27. The molecule has 1 N–H and O–H groups in total. The average Bonchev–Trinajstić information content (AvgIpc) is 3.06. The Morgan fingerprint density at radius 1 is 1.20 bits per heavy atom. The number of aromatic nitrogens is 3. The summed E-state index contributed by atoms with van der Waals surface area (Å²) in [4.78, 5) is 20.1. The van der Waals surface area contributed by atoms with E-state index in [2.05, 4.69) is 67.0 Å². The van der Waals surface area contributed by atoms with Gasteiger partial charge >= 0.3 is 0 Å². The Kier molecular flexibility index (Phi) is 5.02. The van der Waals surface area contributed by atoms with E-state index >= 15 is 0 Å². The third-order valence-electron chi connectivity index (χ3n) is 5.27. The number of fused-ring (bicyclic) bond motifs is 3. The lowest BCUT2D eigenvalue weighted by Crippen LogP contribution is -2.18. The lowest BCUT2D eigenvalue weighted by Gasteiger charge is -2.19. The van der Waals surface area contributed by atoms with Crippen LogP contribution in [0.4, 0.5) is 4.39 Å². The number of nitrogens with one attached hydrogen (secondary N) is 1. The van der Waals surface area contributed by atoms with E-state index in [1.165, 1.54) is 34.3 Å². The Morgan fingerprint density at radius 3 is 2.63 bits per heavy atom. The zero-order chi connectivity index (χ0) is 21.5. The fourth-order valence-corrected chi connectivity index (χ4v) is 3.55. The largest absolute Gasteiger partial charge is 0.349 e. The molecule has 0 fully saturated rings. The first-order chi connectivity index (χ1) is 14.2. The molecule has 1 atom stereocenters. The quantitative estimate of drug-likeness (QED) is 0.485. The minimum Gasteiger partial charge on any atom is -0.349 e. The second-order valence-electron chi connectivity index (χ2n) is 8.83. The number of nitrogens with zero attached hydrogens (tertiary/aromatic N) is 3. The summed E-state index contributed by atoms with van der Waals surface area (Å²) in [7, 11) is 0. The number of halogens is 1. The molecular formula is C24H25FN4O. The molecule has 0 saturated carbocycles. The predicted molar refractivity (Wildman–Crippen MR) is 120 cm³/mol. The van der Waals surface area contributed by atoms with Crippen molar-refractivity contribution in [2.24, 2.45) is 11.0 Å². The molecule has 5 nitrogen and oxygen atoms in total. The van der Waals surface area contributed by atoms with E-state index in [0.717, 1.165) is 6.42 Å². The van der Waals surface area contributed by atoms with Gasteiger partial charge in [0.2, 0.25) is 0 Å². The summed E-state index contributed by atoms with van der Waals surface area (Å²) >= 11 is 0. The van der Waals surface area contributed by atoms with Crippen LogP contribution < -0.4 is 5.56 Å². The fourth-order valence-electron chi connectivity index (χ4n) is 3.55. The standard InChI is InChI=1S/C24H25FN4O/c1-15(11-16-5-7-17(8-6-16)24(2,3)4)13-27-29-14-26-21-19-12-18(25)9-10-20(19)28-22(21)23(29)30/h5-10,12-15,28H,11H2,1-4H3/b27-13+. The predicted octanol–water partition coefficient (Wildman–Crippen LogP) is 5.03. The number of rotatable bonds is 4. The van der Waals surface area contributed by atoms with Gasteiger partial charge < -0.3 is 4.98 Å². The smallest absolute Gasteiger partial charge is 0.298 e. The van der Waals surface area contributed by atoms with Crippen LogP contribution in [0, 0.1) is 11.7 Å². The maximum absolute atomic E-state index is 13.5. The van der Waals surface area contributed by atoms with E-state index < -0.39 is 0 Å². The first-order valence-electron chi connectivity index (χ1n) is 10.0. The molecule has 6 heteroatoms. The van der Waals surface area contributed by atoms with Crippen molar-refractivity contribution in [1.29, 1.82) is 0 Å². The van der Waals surface area contributed by atoms with Crippen LogP contribution in [0.1, 0.15) is 38.8 Å². The van der Waals surface area contributed by atoms with E-state index in [1.807, 2.05) is 0 Å². The van der Waals surface area contributed by atoms with Crippen molar-refractivity contribution >= 4 is 28.2 Å². The van der Waals surface area contributed by atoms with Crippen molar-refractivity contribution in [1.82, 2.24) is 14.6 Å². The molecule has 4 rings (SSSR count). The molecular weight excluding hydrogens is 379 g/mol. The highest BCUT2D eigenvalue weighted by Crippen LogP contribution is 2.23. The van der Waals surface area contributed by atoms with Gasteiger partial charge in [0.25, 0.3) is 5.56 Å². The number of hydrogen-bond donors (Lipinski definition) is 1. The van der Waals surface area contributed by atoms with Gasteiger partial charge in [0.05, 0.1) is 0 Å². The highest BCUT2D eigenvalue weighted by atomic mass is 19.1. The van der Waals surface area contributed by atoms with E-state index in [0.29, 0.717) is 21.9 Å². The van der Waals surface area contributed by atoms with Crippen LogP contribution in [0.15, 0.2) is 58.7 Å². The second kappa shape index (κ2) is 7.52. The van der Waals surface area contributed by atoms with Crippen LogP contribution in [0.5, 0.6) is 0 Å². The summed E-state index contributed by atoms with van der Waals surface area (Å²) < 4.78 is 14.8. The van der Waals surface area contributed by atoms with Crippen LogP contribution in [-0.2, 0) is 11.8 Å². The summed E-state index contributed by atoms with van der Waals surface area (Å²) in [6.07, 6.45) is 3.96. The molecule has 2 aromatic heterocycles. The average molecular weight is 404 g/mol. The third kappa shape index (κ3) is 3.90. The lowest BCUT2D eigenvalue weighted by atomic mass is 9.86. The van der Waals surface area contributed by atoms with Crippen LogP contribution >= 0.6 is 0 Å².